The Kier molecular flexibility index (Phi) is 4.76. The van der Waals surface area contributed by atoms with Crippen LogP contribution in [0.25, 0.3) is 0 Å². The van der Waals surface area contributed by atoms with Gasteiger partial charge in [-0.15, -0.1) is 0 Å². The van der Waals surface area contributed by atoms with Gasteiger partial charge in [-0.25, -0.2) is 4.39 Å². The average Bonchev–Trinajstić information content (AvgIpc) is 2.18. The molecular weight excluding hydrogens is 179 g/mol. The molecule has 0 aromatic heterocycles. The molecule has 0 aliphatic heterocycles. The van der Waals surface area contributed by atoms with E-state index in [1.807, 2.05) is 6.08 Å². The Bertz CT molecular complexity index is 294. The van der Waals surface area contributed by atoms with Gasteiger partial charge in [0, 0.05) is 6.07 Å². The zero-order valence-corrected chi connectivity index (χ0v) is 8.37. The van der Waals surface area contributed by atoms with Crippen molar-refractivity contribution in [3.05, 3.63) is 42.2 Å². The lowest BCUT2D eigenvalue weighted by atomic mass is 10.3. The van der Waals surface area contributed by atoms with Crippen molar-refractivity contribution in [3.8, 4) is 5.75 Å². The first-order valence-electron chi connectivity index (χ1n) is 4.86. The lowest BCUT2D eigenvalue weighted by molar-refractivity contribution is 0.360. The molecule has 0 atom stereocenters. The van der Waals surface area contributed by atoms with Gasteiger partial charge in [-0.1, -0.05) is 31.6 Å². The normalized spacial score (nSPS) is 10.7. The van der Waals surface area contributed by atoms with Crippen molar-refractivity contribution in [2.45, 2.75) is 19.8 Å². The quantitative estimate of drug-likeness (QED) is 0.651. The standard InChI is InChI=1S/C12H15FO/c1-2-3-4-5-9-14-12-8-6-7-11(13)10-12/h4-8,10H,2-3,9H2,1H3/b5-4+. The number of ether oxygens (including phenoxy) is 1. The van der Waals surface area contributed by atoms with E-state index in [0.29, 0.717) is 12.4 Å². The SMILES string of the molecule is CCC/C=C/COc1cccc(F)c1. The predicted molar refractivity (Wildman–Crippen MR) is 55.9 cm³/mol. The van der Waals surface area contributed by atoms with Gasteiger partial charge in [-0.3, -0.25) is 0 Å². The van der Waals surface area contributed by atoms with Crippen LogP contribution in [0.3, 0.4) is 0 Å². The molecular formula is C12H15FO. The highest BCUT2D eigenvalue weighted by Crippen LogP contribution is 2.11. The van der Waals surface area contributed by atoms with Gasteiger partial charge >= 0.3 is 0 Å². The van der Waals surface area contributed by atoms with E-state index in [0.717, 1.165) is 12.8 Å². The Labute approximate surface area is 84.2 Å². The molecule has 0 aliphatic carbocycles. The van der Waals surface area contributed by atoms with Crippen LogP contribution in [0.5, 0.6) is 5.75 Å². The Morgan fingerprint density at radius 1 is 1.36 bits per heavy atom. The van der Waals surface area contributed by atoms with E-state index in [2.05, 4.69) is 13.0 Å². The highest BCUT2D eigenvalue weighted by Gasteiger charge is 1.93. The number of halogens is 1. The van der Waals surface area contributed by atoms with Crippen LogP contribution < -0.4 is 4.74 Å². The van der Waals surface area contributed by atoms with Crippen molar-refractivity contribution in [2.24, 2.45) is 0 Å². The van der Waals surface area contributed by atoms with Crippen molar-refractivity contribution >= 4 is 0 Å². The van der Waals surface area contributed by atoms with Crippen LogP contribution in [-0.4, -0.2) is 6.61 Å². The monoisotopic (exact) mass is 194 g/mol. The second kappa shape index (κ2) is 6.19. The van der Waals surface area contributed by atoms with Crippen LogP contribution in [0.15, 0.2) is 36.4 Å². The van der Waals surface area contributed by atoms with E-state index in [1.54, 1.807) is 12.1 Å². The van der Waals surface area contributed by atoms with E-state index in [-0.39, 0.29) is 5.82 Å². The summed E-state index contributed by atoms with van der Waals surface area (Å²) in [6, 6.07) is 6.17. The zero-order valence-electron chi connectivity index (χ0n) is 8.37. The smallest absolute Gasteiger partial charge is 0.126 e. The summed E-state index contributed by atoms with van der Waals surface area (Å²) in [7, 11) is 0. The molecule has 1 rings (SSSR count). The minimum absolute atomic E-state index is 0.264. The maximum Gasteiger partial charge on any atom is 0.126 e. The van der Waals surface area contributed by atoms with Crippen molar-refractivity contribution in [2.75, 3.05) is 6.61 Å². The van der Waals surface area contributed by atoms with E-state index >= 15 is 0 Å². The van der Waals surface area contributed by atoms with E-state index in [4.69, 9.17) is 4.74 Å². The fourth-order valence-electron chi connectivity index (χ4n) is 1.05. The van der Waals surface area contributed by atoms with Crippen LogP contribution in [0.4, 0.5) is 4.39 Å². The third-order valence-electron chi connectivity index (χ3n) is 1.76. The van der Waals surface area contributed by atoms with E-state index < -0.39 is 0 Å². The van der Waals surface area contributed by atoms with Crippen LogP contribution in [-0.2, 0) is 0 Å². The van der Waals surface area contributed by atoms with Crippen molar-refractivity contribution in [1.82, 2.24) is 0 Å². The molecule has 0 saturated heterocycles. The van der Waals surface area contributed by atoms with E-state index in [1.165, 1.54) is 12.1 Å². The molecule has 0 heterocycles. The summed E-state index contributed by atoms with van der Waals surface area (Å²) in [6.07, 6.45) is 6.22. The molecule has 1 aromatic carbocycles. The Morgan fingerprint density at radius 2 is 2.21 bits per heavy atom. The van der Waals surface area contributed by atoms with Gasteiger partial charge in [0.1, 0.15) is 18.2 Å². The van der Waals surface area contributed by atoms with Gasteiger partial charge in [0.15, 0.2) is 0 Å². The second-order valence-corrected chi connectivity index (χ2v) is 3.03. The minimum Gasteiger partial charge on any atom is -0.489 e. The molecule has 0 amide bonds. The van der Waals surface area contributed by atoms with Gasteiger partial charge in [-0.05, 0) is 18.6 Å². The second-order valence-electron chi connectivity index (χ2n) is 3.03. The van der Waals surface area contributed by atoms with E-state index in [9.17, 15) is 4.39 Å². The zero-order chi connectivity index (χ0) is 10.2. The van der Waals surface area contributed by atoms with Crippen LogP contribution in [0, 0.1) is 5.82 Å². The van der Waals surface area contributed by atoms with Gasteiger partial charge in [0.2, 0.25) is 0 Å². The third kappa shape index (κ3) is 4.08. The molecule has 0 bridgehead atoms. The summed E-state index contributed by atoms with van der Waals surface area (Å²) in [6.45, 7) is 2.63. The number of benzene rings is 1. The number of unbranched alkanes of at least 4 members (excludes halogenated alkanes) is 1. The van der Waals surface area contributed by atoms with Crippen molar-refractivity contribution < 1.29 is 9.13 Å². The molecule has 76 valence electrons. The lowest BCUT2D eigenvalue weighted by Crippen LogP contribution is -1.93. The van der Waals surface area contributed by atoms with Gasteiger partial charge in [-0.2, -0.15) is 0 Å². The van der Waals surface area contributed by atoms with Crippen LogP contribution in [0.1, 0.15) is 19.8 Å². The fraction of sp³-hybridized carbons (Fsp3) is 0.333. The molecule has 1 aromatic rings. The number of allylic oxidation sites excluding steroid dienone is 1. The summed E-state index contributed by atoms with van der Waals surface area (Å²) in [5.41, 5.74) is 0. The summed E-state index contributed by atoms with van der Waals surface area (Å²) < 4.78 is 18.0. The molecule has 0 unspecified atom stereocenters. The molecule has 0 N–H and O–H groups in total. The van der Waals surface area contributed by atoms with Gasteiger partial charge in [0.25, 0.3) is 0 Å². The molecule has 0 saturated carbocycles. The summed E-state index contributed by atoms with van der Waals surface area (Å²) in [5, 5.41) is 0. The highest BCUT2D eigenvalue weighted by molar-refractivity contribution is 5.22. The van der Waals surface area contributed by atoms with Gasteiger partial charge in [0.05, 0.1) is 0 Å². The first kappa shape index (κ1) is 10.8. The highest BCUT2D eigenvalue weighted by atomic mass is 19.1. The number of rotatable bonds is 5. The number of hydrogen-bond acceptors (Lipinski definition) is 1. The lowest BCUT2D eigenvalue weighted by Gasteiger charge is -2.01. The largest absolute Gasteiger partial charge is 0.489 e. The molecule has 2 heteroatoms. The molecule has 0 spiro atoms. The topological polar surface area (TPSA) is 9.23 Å². The maximum atomic E-state index is 12.7. The Hall–Kier alpha value is -1.31. The Balaban J connectivity index is 2.31. The van der Waals surface area contributed by atoms with Crippen LogP contribution >= 0.6 is 0 Å². The molecule has 0 radical (unpaired) electrons. The average molecular weight is 194 g/mol. The predicted octanol–water partition coefficient (Wildman–Crippen LogP) is 3.56. The molecule has 0 fully saturated rings. The molecule has 1 nitrogen and oxygen atoms in total. The van der Waals surface area contributed by atoms with Crippen molar-refractivity contribution in [1.29, 1.82) is 0 Å². The fourth-order valence-corrected chi connectivity index (χ4v) is 1.05. The number of hydrogen-bond donors (Lipinski definition) is 0. The maximum absolute atomic E-state index is 12.7. The Morgan fingerprint density at radius 3 is 2.93 bits per heavy atom. The summed E-state index contributed by atoms with van der Waals surface area (Å²) in [4.78, 5) is 0. The van der Waals surface area contributed by atoms with Crippen LogP contribution in [0.2, 0.25) is 0 Å². The minimum atomic E-state index is -0.264. The first-order valence-corrected chi connectivity index (χ1v) is 4.86. The van der Waals surface area contributed by atoms with Gasteiger partial charge < -0.3 is 4.74 Å². The summed E-state index contributed by atoms with van der Waals surface area (Å²) >= 11 is 0. The third-order valence-corrected chi connectivity index (χ3v) is 1.76. The summed E-state index contributed by atoms with van der Waals surface area (Å²) in [5.74, 6) is 0.311. The van der Waals surface area contributed by atoms with Crippen molar-refractivity contribution in [3.63, 3.8) is 0 Å². The first-order chi connectivity index (χ1) is 6.83. The molecule has 0 aliphatic rings. The molecule has 14 heavy (non-hydrogen) atoms.